The first kappa shape index (κ1) is 54.3. The predicted molar refractivity (Wildman–Crippen MR) is 254 cm³/mol. The minimum absolute atomic E-state index is 0.0307. The second kappa shape index (κ2) is 24.3. The number of aromatic nitrogens is 1. The Hall–Kier alpha value is -6.60. The number of esters is 1. The summed E-state index contributed by atoms with van der Waals surface area (Å²) in [6, 6.07) is 11.5. The molecule has 3 heterocycles. The molecule has 2 aromatic carbocycles. The second-order valence-corrected chi connectivity index (χ2v) is 19.3. The summed E-state index contributed by atoms with van der Waals surface area (Å²) in [5, 5.41) is 15.5. The molecule has 4 atom stereocenters. The van der Waals surface area contributed by atoms with Crippen molar-refractivity contribution in [3.05, 3.63) is 95.8 Å². The maximum absolute atomic E-state index is 15.1. The molecule has 3 aromatic rings. The average Bonchev–Trinajstić information content (AvgIpc) is 3.86. The molecule has 5 rings (SSSR count). The highest BCUT2D eigenvalue weighted by atomic mass is 19.1. The maximum atomic E-state index is 15.1. The molecule has 1 aromatic heterocycles. The van der Waals surface area contributed by atoms with E-state index in [1.54, 1.807) is 33.0 Å². The number of Topliss-reactive ketones (excluding diaryl/α,β-unsaturated/α-hetero) is 1. The molecule has 0 saturated carbocycles. The summed E-state index contributed by atoms with van der Waals surface area (Å²) in [4.78, 5) is 106. The zero-order valence-electron chi connectivity index (χ0n) is 40.6. The SMILES string of the molecule is CC(C)[C@H](NC(=O)CCNC(=O)[C@@H](N)CCN(C(=O)CO)[C@@H](c1cc(-c2cc(F)ccc2F)cn1Cc1ccccc1)C(C)(C)C)C(=O)C[C@@H](C)C(=O)OC1CCN(C(=O)CN2C(=O)C=CC2=O)CC1. The van der Waals surface area contributed by atoms with Gasteiger partial charge in [-0.3, -0.25) is 43.3 Å². The van der Waals surface area contributed by atoms with E-state index in [-0.39, 0.29) is 69.3 Å². The van der Waals surface area contributed by atoms with Crippen LogP contribution in [0.2, 0.25) is 0 Å². The topological polar surface area (TPSA) is 231 Å². The van der Waals surface area contributed by atoms with Crippen LogP contribution < -0.4 is 16.4 Å². The maximum Gasteiger partial charge on any atom is 0.309 e. The monoisotopic (exact) mass is 973 g/mol. The quantitative estimate of drug-likeness (QED) is 0.0836. The Morgan fingerprint density at radius 1 is 0.943 bits per heavy atom. The Bertz CT molecular complexity index is 2410. The van der Waals surface area contributed by atoms with Crippen molar-refractivity contribution in [3.8, 4) is 11.1 Å². The molecule has 0 bridgehead atoms. The largest absolute Gasteiger partial charge is 0.462 e. The van der Waals surface area contributed by atoms with Gasteiger partial charge in [-0.2, -0.15) is 0 Å². The van der Waals surface area contributed by atoms with Gasteiger partial charge in [0.15, 0.2) is 5.78 Å². The molecular weight excluding hydrogens is 909 g/mol. The van der Waals surface area contributed by atoms with Gasteiger partial charge in [-0.25, -0.2) is 8.78 Å². The molecule has 0 aliphatic carbocycles. The highest BCUT2D eigenvalue weighted by molar-refractivity contribution is 6.14. The van der Waals surface area contributed by atoms with Gasteiger partial charge in [0.05, 0.1) is 24.0 Å². The highest BCUT2D eigenvalue weighted by Crippen LogP contribution is 2.41. The number of aliphatic hydroxyl groups is 1. The number of hydrogen-bond donors (Lipinski definition) is 4. The van der Waals surface area contributed by atoms with Crippen molar-refractivity contribution in [2.24, 2.45) is 23.0 Å². The van der Waals surface area contributed by atoms with Gasteiger partial charge in [0.2, 0.25) is 23.6 Å². The molecule has 0 unspecified atom stereocenters. The van der Waals surface area contributed by atoms with Crippen LogP contribution in [0.4, 0.5) is 8.78 Å². The first-order chi connectivity index (χ1) is 33.1. The van der Waals surface area contributed by atoms with E-state index < -0.39 is 95.2 Å². The number of imide groups is 1. The molecule has 2 aliphatic heterocycles. The van der Waals surface area contributed by atoms with E-state index >= 15 is 4.39 Å². The number of nitrogens with one attached hydrogen (secondary N) is 2. The van der Waals surface area contributed by atoms with E-state index in [1.165, 1.54) is 9.80 Å². The molecule has 5 N–H and O–H groups in total. The summed E-state index contributed by atoms with van der Waals surface area (Å²) in [7, 11) is 0. The van der Waals surface area contributed by atoms with E-state index in [9.17, 15) is 47.9 Å². The number of nitrogens with zero attached hydrogens (tertiary/aromatic N) is 4. The number of ketones is 1. The fourth-order valence-electron chi connectivity index (χ4n) is 8.64. The molecule has 0 spiro atoms. The Kier molecular flexibility index (Phi) is 18.9. The first-order valence-corrected chi connectivity index (χ1v) is 23.5. The lowest BCUT2D eigenvalue weighted by atomic mass is 9.82. The number of nitrogens with two attached hydrogens (primary N) is 1. The number of halogens is 2. The van der Waals surface area contributed by atoms with E-state index in [2.05, 4.69) is 10.6 Å². The van der Waals surface area contributed by atoms with Crippen LogP contribution in [-0.4, -0.2) is 129 Å². The summed E-state index contributed by atoms with van der Waals surface area (Å²) in [5.41, 5.74) is 7.53. The average molecular weight is 974 g/mol. The van der Waals surface area contributed by atoms with Crippen LogP contribution in [0.15, 0.2) is 72.9 Å². The second-order valence-electron chi connectivity index (χ2n) is 19.3. The number of carbonyl (C=O) groups is 8. The van der Waals surface area contributed by atoms with Gasteiger partial charge in [-0.05, 0) is 47.6 Å². The zero-order chi connectivity index (χ0) is 51.4. The van der Waals surface area contributed by atoms with Crippen LogP contribution in [0.3, 0.4) is 0 Å². The van der Waals surface area contributed by atoms with Crippen molar-refractivity contribution in [3.63, 3.8) is 0 Å². The Balaban J connectivity index is 1.13. The molecule has 0 radical (unpaired) electrons. The molecule has 19 heteroatoms. The van der Waals surface area contributed by atoms with Crippen molar-refractivity contribution in [2.45, 2.75) is 104 Å². The number of carbonyl (C=O) groups excluding carboxylic acids is 8. The van der Waals surface area contributed by atoms with E-state index in [0.29, 0.717) is 30.6 Å². The number of piperidine rings is 1. The van der Waals surface area contributed by atoms with Crippen molar-refractivity contribution in [1.29, 1.82) is 0 Å². The van der Waals surface area contributed by atoms with E-state index in [4.69, 9.17) is 10.5 Å². The third-order valence-electron chi connectivity index (χ3n) is 12.4. The van der Waals surface area contributed by atoms with Crippen LogP contribution >= 0.6 is 0 Å². The lowest BCUT2D eigenvalue weighted by molar-refractivity contribution is -0.158. The van der Waals surface area contributed by atoms with Crippen molar-refractivity contribution < 1.29 is 57.0 Å². The minimum Gasteiger partial charge on any atom is -0.462 e. The van der Waals surface area contributed by atoms with Gasteiger partial charge in [0, 0.05) is 93.6 Å². The lowest BCUT2D eigenvalue weighted by Gasteiger charge is -2.41. The Labute approximate surface area is 406 Å². The fraction of sp³-hybridized carbons (Fsp3) is 0.490. The third-order valence-corrected chi connectivity index (χ3v) is 12.4. The van der Waals surface area contributed by atoms with Crippen LogP contribution in [-0.2, 0) is 49.6 Å². The van der Waals surface area contributed by atoms with Crippen molar-refractivity contribution in [2.75, 3.05) is 39.3 Å². The van der Waals surface area contributed by atoms with E-state index in [1.807, 2.05) is 55.7 Å². The van der Waals surface area contributed by atoms with Crippen molar-refractivity contribution >= 4 is 47.2 Å². The molecule has 2 aliphatic rings. The van der Waals surface area contributed by atoms with E-state index in [0.717, 1.165) is 40.8 Å². The van der Waals surface area contributed by atoms with Crippen LogP contribution in [0.5, 0.6) is 0 Å². The summed E-state index contributed by atoms with van der Waals surface area (Å²) in [5.74, 6) is -6.72. The number of benzene rings is 2. The summed E-state index contributed by atoms with van der Waals surface area (Å²) < 4.78 is 37.1. The van der Waals surface area contributed by atoms with Gasteiger partial charge in [0.25, 0.3) is 11.8 Å². The predicted octanol–water partition coefficient (Wildman–Crippen LogP) is 3.81. The van der Waals surface area contributed by atoms with Crippen LogP contribution in [0, 0.1) is 28.9 Å². The normalized spacial score (nSPS) is 15.9. The van der Waals surface area contributed by atoms with Crippen LogP contribution in [0.25, 0.3) is 11.1 Å². The van der Waals surface area contributed by atoms with Crippen molar-refractivity contribution in [1.82, 2.24) is 29.9 Å². The number of rotatable bonds is 22. The summed E-state index contributed by atoms with van der Waals surface area (Å²) in [6.07, 6.45) is 3.60. The molecule has 1 fully saturated rings. The summed E-state index contributed by atoms with van der Waals surface area (Å²) >= 11 is 0. The Morgan fingerprint density at radius 2 is 1.60 bits per heavy atom. The minimum atomic E-state index is -1.15. The Morgan fingerprint density at radius 3 is 2.21 bits per heavy atom. The number of hydrogen-bond acceptors (Lipinski definition) is 11. The molecule has 1 saturated heterocycles. The fourth-order valence-corrected chi connectivity index (χ4v) is 8.64. The molecule has 6 amide bonds. The number of amides is 6. The number of likely N-dealkylation sites (tertiary alicyclic amines) is 1. The summed E-state index contributed by atoms with van der Waals surface area (Å²) in [6.45, 7) is 10.1. The van der Waals surface area contributed by atoms with Crippen LogP contribution in [0.1, 0.15) is 90.9 Å². The standard InChI is InChI=1S/C51H65F2N7O10/c1-31(2)47(41(62)24-32(3)50(69)70-36-17-21-57(22-18-36)45(66)29-60-43(64)14-15-44(60)65)56-42(63)16-20-55-49(68)39(54)19-23-59(46(67)30-61)48(51(4,5)6)40-25-34(37-26-35(52)12-13-38(37)53)28-58(40)27-33-10-8-7-9-11-33/h7-15,25-26,28,31-32,36,39,47-48,61H,16-24,27,29-30,54H2,1-6H3,(H,55,68)(H,56,63)/t32-,39+,47+,48+/m1/s1. The smallest absolute Gasteiger partial charge is 0.309 e. The molecule has 70 heavy (non-hydrogen) atoms. The van der Waals surface area contributed by atoms with Gasteiger partial charge >= 0.3 is 5.97 Å². The zero-order valence-corrected chi connectivity index (χ0v) is 40.6. The number of aliphatic hydroxyl groups excluding tert-OH is 1. The molecular formula is C51H65F2N7O10. The van der Waals surface area contributed by atoms with Gasteiger partial charge in [-0.1, -0.05) is 71.9 Å². The van der Waals surface area contributed by atoms with Gasteiger partial charge in [0.1, 0.15) is 30.9 Å². The number of ether oxygens (including phenoxy) is 1. The molecule has 17 nitrogen and oxygen atoms in total. The van der Waals surface area contributed by atoms with Gasteiger partial charge in [-0.15, -0.1) is 0 Å². The highest BCUT2D eigenvalue weighted by Gasteiger charge is 2.38. The van der Waals surface area contributed by atoms with Gasteiger partial charge < -0.3 is 40.6 Å². The third kappa shape index (κ3) is 14.5. The first-order valence-electron chi connectivity index (χ1n) is 23.5. The lowest BCUT2D eigenvalue weighted by Crippen LogP contribution is -2.48. The molecule has 378 valence electrons.